The van der Waals surface area contributed by atoms with Crippen LogP contribution in [0.1, 0.15) is 33.6 Å². The highest BCUT2D eigenvalue weighted by molar-refractivity contribution is 4.80. The third kappa shape index (κ3) is 2.19. The standard InChI is InChI=1S/C9H18O3/c1-4-5-7-8(6-10)12-9(2,3)11-7/h7-8,10H,4-6H2,1-3H3. The fourth-order valence-electron chi connectivity index (χ4n) is 1.59. The van der Waals surface area contributed by atoms with Crippen molar-refractivity contribution < 1.29 is 14.6 Å². The molecule has 0 aromatic heterocycles. The highest BCUT2D eigenvalue weighted by atomic mass is 16.8. The Morgan fingerprint density at radius 2 is 1.83 bits per heavy atom. The van der Waals surface area contributed by atoms with Crippen LogP contribution in [0, 0.1) is 0 Å². The molecule has 0 aromatic rings. The number of aliphatic hydroxyl groups excluding tert-OH is 1. The molecular formula is C9H18O3. The summed E-state index contributed by atoms with van der Waals surface area (Å²) in [4.78, 5) is 0. The van der Waals surface area contributed by atoms with Gasteiger partial charge in [-0.1, -0.05) is 13.3 Å². The Labute approximate surface area is 73.7 Å². The largest absolute Gasteiger partial charge is 0.394 e. The Morgan fingerprint density at radius 1 is 1.25 bits per heavy atom. The fourth-order valence-corrected chi connectivity index (χ4v) is 1.59. The second-order valence-electron chi connectivity index (χ2n) is 3.68. The van der Waals surface area contributed by atoms with E-state index in [0.717, 1.165) is 12.8 Å². The van der Waals surface area contributed by atoms with E-state index in [2.05, 4.69) is 6.92 Å². The van der Waals surface area contributed by atoms with Crippen molar-refractivity contribution in [1.29, 1.82) is 0 Å². The summed E-state index contributed by atoms with van der Waals surface area (Å²) in [5, 5.41) is 8.99. The minimum absolute atomic E-state index is 0.0497. The van der Waals surface area contributed by atoms with Gasteiger partial charge in [-0.3, -0.25) is 0 Å². The predicted molar refractivity (Wildman–Crippen MR) is 45.8 cm³/mol. The van der Waals surface area contributed by atoms with Crippen LogP contribution in [0.25, 0.3) is 0 Å². The molecule has 0 aliphatic carbocycles. The van der Waals surface area contributed by atoms with Crippen molar-refractivity contribution in [2.75, 3.05) is 6.61 Å². The van der Waals surface area contributed by atoms with Crippen LogP contribution in [-0.2, 0) is 9.47 Å². The van der Waals surface area contributed by atoms with E-state index >= 15 is 0 Å². The summed E-state index contributed by atoms with van der Waals surface area (Å²) < 4.78 is 11.1. The van der Waals surface area contributed by atoms with E-state index in [-0.39, 0.29) is 18.8 Å². The van der Waals surface area contributed by atoms with Gasteiger partial charge >= 0.3 is 0 Å². The molecule has 1 heterocycles. The first kappa shape index (κ1) is 9.96. The Kier molecular flexibility index (Phi) is 3.09. The lowest BCUT2D eigenvalue weighted by Gasteiger charge is -2.16. The Balaban J connectivity index is 2.50. The quantitative estimate of drug-likeness (QED) is 0.701. The highest BCUT2D eigenvalue weighted by Gasteiger charge is 2.39. The van der Waals surface area contributed by atoms with Crippen molar-refractivity contribution in [2.45, 2.75) is 51.6 Å². The van der Waals surface area contributed by atoms with Crippen molar-refractivity contribution >= 4 is 0 Å². The summed E-state index contributed by atoms with van der Waals surface area (Å²) in [6, 6.07) is 0. The molecule has 1 rings (SSSR count). The van der Waals surface area contributed by atoms with Gasteiger partial charge in [-0.25, -0.2) is 0 Å². The van der Waals surface area contributed by atoms with Crippen LogP contribution in [-0.4, -0.2) is 29.7 Å². The van der Waals surface area contributed by atoms with Gasteiger partial charge in [-0.05, 0) is 20.3 Å². The normalized spacial score (nSPS) is 34.0. The SMILES string of the molecule is CCCC1OC(C)(C)OC1CO. The zero-order valence-corrected chi connectivity index (χ0v) is 8.04. The molecule has 0 radical (unpaired) electrons. The average molecular weight is 174 g/mol. The molecule has 1 fully saturated rings. The molecule has 0 amide bonds. The molecule has 0 aromatic carbocycles. The van der Waals surface area contributed by atoms with E-state index in [0.29, 0.717) is 0 Å². The first-order chi connectivity index (χ1) is 5.59. The van der Waals surface area contributed by atoms with Gasteiger partial charge in [-0.2, -0.15) is 0 Å². The van der Waals surface area contributed by atoms with Gasteiger partial charge in [-0.15, -0.1) is 0 Å². The number of aliphatic hydroxyl groups is 1. The maximum atomic E-state index is 8.99. The van der Waals surface area contributed by atoms with E-state index in [1.807, 2.05) is 13.8 Å². The van der Waals surface area contributed by atoms with E-state index in [9.17, 15) is 0 Å². The average Bonchev–Trinajstić information content (AvgIpc) is 2.26. The van der Waals surface area contributed by atoms with Crippen LogP contribution in [0.3, 0.4) is 0 Å². The molecule has 0 saturated carbocycles. The smallest absolute Gasteiger partial charge is 0.163 e. The molecule has 2 unspecified atom stereocenters. The zero-order chi connectivity index (χ0) is 9.19. The summed E-state index contributed by atoms with van der Waals surface area (Å²) in [7, 11) is 0. The van der Waals surface area contributed by atoms with Gasteiger partial charge < -0.3 is 14.6 Å². The van der Waals surface area contributed by atoms with E-state index in [4.69, 9.17) is 14.6 Å². The molecule has 3 heteroatoms. The van der Waals surface area contributed by atoms with Crippen molar-refractivity contribution in [3.05, 3.63) is 0 Å². The first-order valence-corrected chi connectivity index (χ1v) is 4.55. The minimum atomic E-state index is -0.521. The third-order valence-electron chi connectivity index (χ3n) is 2.04. The second-order valence-corrected chi connectivity index (χ2v) is 3.68. The van der Waals surface area contributed by atoms with E-state index in [1.54, 1.807) is 0 Å². The second kappa shape index (κ2) is 3.73. The predicted octanol–water partition coefficient (Wildman–Crippen LogP) is 1.30. The number of rotatable bonds is 3. The molecule has 0 bridgehead atoms. The lowest BCUT2D eigenvalue weighted by Crippen LogP contribution is -2.25. The van der Waals surface area contributed by atoms with E-state index in [1.165, 1.54) is 0 Å². The molecule has 2 atom stereocenters. The summed E-state index contributed by atoms with van der Waals surface area (Å²) >= 11 is 0. The zero-order valence-electron chi connectivity index (χ0n) is 8.04. The molecule has 12 heavy (non-hydrogen) atoms. The summed E-state index contributed by atoms with van der Waals surface area (Å²) in [6.45, 7) is 5.91. The highest BCUT2D eigenvalue weighted by Crippen LogP contribution is 2.29. The maximum Gasteiger partial charge on any atom is 0.163 e. The van der Waals surface area contributed by atoms with Crippen LogP contribution in [0.15, 0.2) is 0 Å². The molecule has 72 valence electrons. The summed E-state index contributed by atoms with van der Waals surface area (Å²) in [5.41, 5.74) is 0. The van der Waals surface area contributed by atoms with Crippen molar-refractivity contribution in [2.24, 2.45) is 0 Å². The Bertz CT molecular complexity index is 145. The van der Waals surface area contributed by atoms with Crippen LogP contribution in [0.4, 0.5) is 0 Å². The van der Waals surface area contributed by atoms with Gasteiger partial charge in [0.15, 0.2) is 5.79 Å². The summed E-state index contributed by atoms with van der Waals surface area (Å²) in [5.74, 6) is -0.521. The lowest BCUT2D eigenvalue weighted by atomic mass is 10.1. The third-order valence-corrected chi connectivity index (χ3v) is 2.04. The molecule has 1 aliphatic heterocycles. The van der Waals surface area contributed by atoms with Crippen molar-refractivity contribution in [3.8, 4) is 0 Å². The van der Waals surface area contributed by atoms with Crippen LogP contribution in [0.2, 0.25) is 0 Å². The van der Waals surface area contributed by atoms with Crippen molar-refractivity contribution in [1.82, 2.24) is 0 Å². The van der Waals surface area contributed by atoms with Gasteiger partial charge in [0.25, 0.3) is 0 Å². The van der Waals surface area contributed by atoms with Gasteiger partial charge in [0.05, 0.1) is 12.7 Å². The molecular weight excluding hydrogens is 156 g/mol. The Hall–Kier alpha value is -0.120. The van der Waals surface area contributed by atoms with Crippen LogP contribution < -0.4 is 0 Å². The van der Waals surface area contributed by atoms with Gasteiger partial charge in [0.1, 0.15) is 6.10 Å². The number of ether oxygens (including phenoxy) is 2. The minimum Gasteiger partial charge on any atom is -0.394 e. The summed E-state index contributed by atoms with van der Waals surface area (Å²) in [6.07, 6.45) is 1.94. The van der Waals surface area contributed by atoms with Crippen LogP contribution >= 0.6 is 0 Å². The Morgan fingerprint density at radius 3 is 2.33 bits per heavy atom. The molecule has 3 nitrogen and oxygen atoms in total. The molecule has 1 N–H and O–H groups in total. The molecule has 1 saturated heterocycles. The lowest BCUT2D eigenvalue weighted by molar-refractivity contribution is -0.149. The monoisotopic (exact) mass is 174 g/mol. The fraction of sp³-hybridized carbons (Fsp3) is 1.00. The van der Waals surface area contributed by atoms with Crippen molar-refractivity contribution in [3.63, 3.8) is 0 Å². The van der Waals surface area contributed by atoms with Crippen LogP contribution in [0.5, 0.6) is 0 Å². The van der Waals surface area contributed by atoms with E-state index < -0.39 is 5.79 Å². The van der Waals surface area contributed by atoms with Gasteiger partial charge in [0.2, 0.25) is 0 Å². The molecule has 1 aliphatic rings. The number of hydrogen-bond donors (Lipinski definition) is 1. The maximum absolute atomic E-state index is 8.99. The van der Waals surface area contributed by atoms with Gasteiger partial charge in [0, 0.05) is 0 Å². The molecule has 0 spiro atoms. The number of hydrogen-bond acceptors (Lipinski definition) is 3. The first-order valence-electron chi connectivity index (χ1n) is 4.55. The topological polar surface area (TPSA) is 38.7 Å².